The molecule has 0 aliphatic rings. The summed E-state index contributed by atoms with van der Waals surface area (Å²) in [7, 11) is 0. The lowest BCUT2D eigenvalue weighted by Gasteiger charge is -2.15. The van der Waals surface area contributed by atoms with E-state index in [1.54, 1.807) is 18.2 Å². The molecule has 0 aliphatic carbocycles. The van der Waals surface area contributed by atoms with Gasteiger partial charge in [0.2, 0.25) is 0 Å². The van der Waals surface area contributed by atoms with Gasteiger partial charge in [-0.05, 0) is 109 Å². The summed E-state index contributed by atoms with van der Waals surface area (Å²) in [5.74, 6) is 0.0232. The zero-order chi connectivity index (χ0) is 26.9. The molecule has 0 bridgehead atoms. The Hall–Kier alpha value is -3.84. The third-order valence-corrected chi connectivity index (χ3v) is 6.31. The second kappa shape index (κ2) is 12.9. The van der Waals surface area contributed by atoms with Crippen LogP contribution in [0.15, 0.2) is 60.2 Å². The molecule has 0 unspecified atom stereocenters. The Bertz CT molecular complexity index is 1390. The molecular weight excluding hydrogens is 581 g/mol. The van der Waals surface area contributed by atoms with Crippen molar-refractivity contribution in [3.05, 3.63) is 86.0 Å². The van der Waals surface area contributed by atoms with Gasteiger partial charge in [-0.3, -0.25) is 9.59 Å². The van der Waals surface area contributed by atoms with Gasteiger partial charge in [0.25, 0.3) is 11.8 Å². The number of ether oxygens (including phenoxy) is 2. The first kappa shape index (κ1) is 27.7. The van der Waals surface area contributed by atoms with E-state index >= 15 is 0 Å². The average molecular weight is 609 g/mol. The van der Waals surface area contributed by atoms with Crippen molar-refractivity contribution in [1.29, 1.82) is 5.26 Å². The third kappa shape index (κ3) is 7.57. The highest BCUT2D eigenvalue weighted by Crippen LogP contribution is 2.35. The molecule has 2 amide bonds. The zero-order valence-electron chi connectivity index (χ0n) is 21.1. The molecule has 2 N–H and O–H groups in total. The van der Waals surface area contributed by atoms with Crippen LogP contribution in [-0.2, 0) is 9.59 Å². The summed E-state index contributed by atoms with van der Waals surface area (Å²) in [6.07, 6.45) is 1.49. The molecule has 0 saturated heterocycles. The Labute approximate surface area is 230 Å². The lowest BCUT2D eigenvalue weighted by atomic mass is 10.1. The van der Waals surface area contributed by atoms with Gasteiger partial charge < -0.3 is 20.1 Å². The van der Waals surface area contributed by atoms with Crippen LogP contribution in [0.4, 0.5) is 11.4 Å². The Morgan fingerprint density at radius 2 is 1.78 bits per heavy atom. The average Bonchev–Trinajstić information content (AvgIpc) is 2.85. The topological polar surface area (TPSA) is 100 Å². The van der Waals surface area contributed by atoms with Crippen LogP contribution in [0.2, 0.25) is 0 Å². The van der Waals surface area contributed by atoms with Gasteiger partial charge in [-0.1, -0.05) is 24.3 Å². The van der Waals surface area contributed by atoms with E-state index in [9.17, 15) is 14.9 Å². The number of carbonyl (C=O) groups excluding carboxylic acids is 2. The molecule has 3 rings (SSSR count). The maximum Gasteiger partial charge on any atom is 0.266 e. The number of anilines is 2. The zero-order valence-corrected chi connectivity index (χ0v) is 23.3. The molecular formula is C29H28IN3O4. The summed E-state index contributed by atoms with van der Waals surface area (Å²) >= 11 is 2.08. The number of nitrogens with one attached hydrogen (secondary N) is 2. The van der Waals surface area contributed by atoms with Gasteiger partial charge in [-0.25, -0.2) is 0 Å². The first-order chi connectivity index (χ1) is 17.7. The maximum absolute atomic E-state index is 12.7. The molecule has 0 spiro atoms. The summed E-state index contributed by atoms with van der Waals surface area (Å²) in [5, 5.41) is 15.2. The summed E-state index contributed by atoms with van der Waals surface area (Å²) in [4.78, 5) is 25.2. The molecule has 190 valence electrons. The van der Waals surface area contributed by atoms with E-state index in [2.05, 4.69) is 33.2 Å². The summed E-state index contributed by atoms with van der Waals surface area (Å²) in [6.45, 7) is 7.85. The fourth-order valence-corrected chi connectivity index (χ4v) is 4.30. The summed E-state index contributed by atoms with van der Waals surface area (Å²) in [6, 6.07) is 18.5. The number of aryl methyl sites for hydroxylation is 2. The fourth-order valence-electron chi connectivity index (χ4n) is 3.52. The number of nitriles is 1. The number of hydrogen-bond acceptors (Lipinski definition) is 5. The quantitative estimate of drug-likeness (QED) is 0.172. The predicted octanol–water partition coefficient (Wildman–Crippen LogP) is 6.18. The molecule has 8 heteroatoms. The van der Waals surface area contributed by atoms with Crippen LogP contribution in [0.25, 0.3) is 6.08 Å². The number of amides is 2. The molecule has 37 heavy (non-hydrogen) atoms. The minimum absolute atomic E-state index is 0.0543. The summed E-state index contributed by atoms with van der Waals surface area (Å²) < 4.78 is 12.3. The van der Waals surface area contributed by atoms with Gasteiger partial charge in [0, 0.05) is 11.4 Å². The Kier molecular flexibility index (Phi) is 9.69. The molecule has 3 aromatic carbocycles. The van der Waals surface area contributed by atoms with Crippen LogP contribution in [-0.4, -0.2) is 25.0 Å². The van der Waals surface area contributed by atoms with Gasteiger partial charge in [0.15, 0.2) is 18.1 Å². The Balaban J connectivity index is 1.78. The molecule has 0 aliphatic heterocycles. The van der Waals surface area contributed by atoms with Gasteiger partial charge in [-0.15, -0.1) is 0 Å². The highest BCUT2D eigenvalue weighted by molar-refractivity contribution is 14.1. The smallest absolute Gasteiger partial charge is 0.266 e. The number of rotatable bonds is 9. The Morgan fingerprint density at radius 1 is 1.03 bits per heavy atom. The molecule has 0 aromatic heterocycles. The van der Waals surface area contributed by atoms with E-state index in [0.717, 1.165) is 22.4 Å². The van der Waals surface area contributed by atoms with Crippen LogP contribution < -0.4 is 20.1 Å². The van der Waals surface area contributed by atoms with Crippen molar-refractivity contribution < 1.29 is 19.1 Å². The van der Waals surface area contributed by atoms with E-state index in [4.69, 9.17) is 9.47 Å². The predicted molar refractivity (Wildman–Crippen MR) is 154 cm³/mol. The SMILES string of the molecule is CCOc1cc(/C=C(\C#N)C(=O)Nc2cccc(C)c2)cc(I)c1OCC(=O)Nc1cccc(C)c1C. The van der Waals surface area contributed by atoms with E-state index in [1.165, 1.54) is 6.08 Å². The monoisotopic (exact) mass is 609 g/mol. The van der Waals surface area contributed by atoms with E-state index in [0.29, 0.717) is 32.9 Å². The van der Waals surface area contributed by atoms with Crippen LogP contribution in [0.5, 0.6) is 11.5 Å². The highest BCUT2D eigenvalue weighted by atomic mass is 127. The molecule has 7 nitrogen and oxygen atoms in total. The number of nitrogens with zero attached hydrogens (tertiary/aromatic N) is 1. The number of benzene rings is 3. The van der Waals surface area contributed by atoms with E-state index in [1.807, 2.05) is 70.2 Å². The molecule has 0 atom stereocenters. The van der Waals surface area contributed by atoms with Crippen molar-refractivity contribution >= 4 is 51.9 Å². The minimum atomic E-state index is -0.510. The number of carbonyl (C=O) groups is 2. The normalized spacial score (nSPS) is 10.9. The van der Waals surface area contributed by atoms with Crippen molar-refractivity contribution in [2.45, 2.75) is 27.7 Å². The lowest BCUT2D eigenvalue weighted by molar-refractivity contribution is -0.118. The summed E-state index contributed by atoms with van der Waals surface area (Å²) in [5.41, 5.74) is 4.96. The van der Waals surface area contributed by atoms with Gasteiger partial charge >= 0.3 is 0 Å². The van der Waals surface area contributed by atoms with Crippen LogP contribution in [0.1, 0.15) is 29.2 Å². The van der Waals surface area contributed by atoms with Crippen LogP contribution in [0.3, 0.4) is 0 Å². The minimum Gasteiger partial charge on any atom is -0.490 e. The second-order valence-corrected chi connectivity index (χ2v) is 9.50. The first-order valence-corrected chi connectivity index (χ1v) is 12.7. The van der Waals surface area contributed by atoms with Gasteiger partial charge in [0.05, 0.1) is 10.2 Å². The second-order valence-electron chi connectivity index (χ2n) is 8.34. The first-order valence-electron chi connectivity index (χ1n) is 11.7. The van der Waals surface area contributed by atoms with Crippen LogP contribution >= 0.6 is 22.6 Å². The van der Waals surface area contributed by atoms with Crippen molar-refractivity contribution in [3.8, 4) is 17.6 Å². The molecule has 0 heterocycles. The molecule has 0 radical (unpaired) electrons. The maximum atomic E-state index is 12.7. The van der Waals surface area contributed by atoms with E-state index in [-0.39, 0.29) is 18.1 Å². The lowest BCUT2D eigenvalue weighted by Crippen LogP contribution is -2.21. The standard InChI is InChI=1S/C29H28IN3O4/c1-5-36-26-15-21(13-22(16-31)29(35)32-23-10-6-8-18(2)12-23)14-24(30)28(26)37-17-27(34)33-25-11-7-9-19(3)20(25)4/h6-15H,5,17H2,1-4H3,(H,32,35)(H,33,34)/b22-13+. The fraction of sp³-hybridized carbons (Fsp3) is 0.207. The van der Waals surface area contributed by atoms with Crippen LogP contribution in [0, 0.1) is 35.7 Å². The number of hydrogen-bond donors (Lipinski definition) is 2. The molecule has 3 aromatic rings. The van der Waals surface area contributed by atoms with Crippen molar-refractivity contribution in [1.82, 2.24) is 0 Å². The van der Waals surface area contributed by atoms with E-state index < -0.39 is 5.91 Å². The van der Waals surface area contributed by atoms with Crippen molar-refractivity contribution in [2.75, 3.05) is 23.8 Å². The molecule has 0 saturated carbocycles. The van der Waals surface area contributed by atoms with Gasteiger partial charge in [-0.2, -0.15) is 5.26 Å². The number of halogens is 1. The molecule has 0 fully saturated rings. The van der Waals surface area contributed by atoms with Crippen molar-refractivity contribution in [3.63, 3.8) is 0 Å². The highest BCUT2D eigenvalue weighted by Gasteiger charge is 2.16. The van der Waals surface area contributed by atoms with Crippen molar-refractivity contribution in [2.24, 2.45) is 0 Å². The largest absolute Gasteiger partial charge is 0.490 e. The third-order valence-electron chi connectivity index (χ3n) is 5.51. The Morgan fingerprint density at radius 3 is 2.49 bits per heavy atom. The van der Waals surface area contributed by atoms with Gasteiger partial charge in [0.1, 0.15) is 11.6 Å².